The van der Waals surface area contributed by atoms with Crippen LogP contribution in [0.1, 0.15) is 67.2 Å². The summed E-state index contributed by atoms with van der Waals surface area (Å²) >= 11 is 0. The molecular formula is C29H43NO6. The van der Waals surface area contributed by atoms with Crippen molar-refractivity contribution >= 4 is 6.09 Å². The summed E-state index contributed by atoms with van der Waals surface area (Å²) in [5.41, 5.74) is -0.923. The van der Waals surface area contributed by atoms with Crippen molar-refractivity contribution in [3.8, 4) is 0 Å². The van der Waals surface area contributed by atoms with E-state index in [0.29, 0.717) is 18.4 Å². The zero-order chi connectivity index (χ0) is 26.0. The van der Waals surface area contributed by atoms with Gasteiger partial charge in [-0.2, -0.15) is 0 Å². The number of ether oxygens (including phenoxy) is 3. The number of carbonyl (C=O) groups is 1. The van der Waals surface area contributed by atoms with Gasteiger partial charge in [0.2, 0.25) is 0 Å². The molecule has 7 heteroatoms. The maximum absolute atomic E-state index is 13.3. The number of aliphatic hydroxyl groups excluding tert-OH is 1. The van der Waals surface area contributed by atoms with E-state index in [1.54, 1.807) is 11.9 Å². The van der Waals surface area contributed by atoms with Crippen LogP contribution in [0.5, 0.6) is 0 Å². The Hall–Kier alpha value is -1.41. The van der Waals surface area contributed by atoms with Gasteiger partial charge in [0, 0.05) is 19.0 Å². The minimum atomic E-state index is -1.66. The van der Waals surface area contributed by atoms with E-state index in [2.05, 4.69) is 26.8 Å². The molecule has 0 aromatic carbocycles. The van der Waals surface area contributed by atoms with E-state index < -0.39 is 41.2 Å². The van der Waals surface area contributed by atoms with Crippen LogP contribution in [-0.4, -0.2) is 70.6 Å². The molecule has 3 saturated carbocycles. The lowest BCUT2D eigenvalue weighted by atomic mass is 9.58. The van der Waals surface area contributed by atoms with Crippen molar-refractivity contribution in [3.05, 3.63) is 23.3 Å². The smallest absolute Gasteiger partial charge is 0.410 e. The number of nitrogens with zero attached hydrogens (tertiary/aromatic N) is 1. The molecule has 9 atom stereocenters. The predicted molar refractivity (Wildman–Crippen MR) is 134 cm³/mol. The lowest BCUT2D eigenvalue weighted by Gasteiger charge is -2.55. The average molecular weight is 502 g/mol. The number of aliphatic hydroxyl groups is 2. The topological polar surface area (TPSA) is 88.5 Å². The van der Waals surface area contributed by atoms with Crippen LogP contribution in [0.25, 0.3) is 0 Å². The van der Waals surface area contributed by atoms with Gasteiger partial charge in [-0.25, -0.2) is 4.79 Å². The van der Waals surface area contributed by atoms with Crippen LogP contribution < -0.4 is 0 Å². The van der Waals surface area contributed by atoms with Crippen LogP contribution in [0.15, 0.2) is 23.3 Å². The van der Waals surface area contributed by atoms with Crippen LogP contribution in [0.2, 0.25) is 0 Å². The molecule has 0 aromatic rings. The van der Waals surface area contributed by atoms with Gasteiger partial charge >= 0.3 is 6.09 Å². The molecule has 200 valence electrons. The summed E-state index contributed by atoms with van der Waals surface area (Å²) in [6.07, 6.45) is 5.18. The summed E-state index contributed by atoms with van der Waals surface area (Å²) in [4.78, 5) is 15.0. The van der Waals surface area contributed by atoms with E-state index >= 15 is 0 Å². The summed E-state index contributed by atoms with van der Waals surface area (Å²) in [7, 11) is 1.78. The molecule has 5 aliphatic carbocycles. The molecule has 2 N–H and O–H groups in total. The third-order valence-corrected chi connectivity index (χ3v) is 11.1. The summed E-state index contributed by atoms with van der Waals surface area (Å²) in [5, 5.41) is 25.3. The predicted octanol–water partition coefficient (Wildman–Crippen LogP) is 4.03. The number of hydrogen-bond acceptors (Lipinski definition) is 6. The Kier molecular flexibility index (Phi) is 5.25. The third kappa shape index (κ3) is 3.03. The van der Waals surface area contributed by atoms with Crippen LogP contribution in [0.3, 0.4) is 0 Å². The van der Waals surface area contributed by atoms with E-state index in [1.165, 1.54) is 0 Å². The molecule has 1 spiro atoms. The Morgan fingerprint density at radius 1 is 1.22 bits per heavy atom. The number of carbonyl (C=O) groups excluding carboxylic acids is 1. The van der Waals surface area contributed by atoms with E-state index in [9.17, 15) is 15.0 Å². The lowest BCUT2D eigenvalue weighted by Crippen LogP contribution is -2.69. The van der Waals surface area contributed by atoms with Crippen molar-refractivity contribution in [2.24, 2.45) is 34.5 Å². The van der Waals surface area contributed by atoms with Gasteiger partial charge in [-0.15, -0.1) is 0 Å². The minimum absolute atomic E-state index is 0.0397. The van der Waals surface area contributed by atoms with E-state index in [0.717, 1.165) is 36.8 Å². The molecule has 0 aromatic heterocycles. The first-order valence-corrected chi connectivity index (χ1v) is 13.8. The number of amides is 1. The Morgan fingerprint density at radius 3 is 2.56 bits per heavy atom. The van der Waals surface area contributed by atoms with Gasteiger partial charge in [0.25, 0.3) is 0 Å². The molecule has 0 radical (unpaired) electrons. The standard InChI is InChI=1S/C29H43NO6/c1-15-13-28-16(2)11-20-21(26(20,3)4)19(22(28)31)12-17-14-34-27(5,6)36-24(17)29(28,33)23(15)35-25(32)30(7)18-9-8-10-18/h12-13,16,18-24,31,33H,8-11,14H2,1-7H3/t16-,19+,20-,21+,22?,23+,24-,28+,29-/m1/s1. The van der Waals surface area contributed by atoms with Crippen LogP contribution in [0, 0.1) is 34.5 Å². The fourth-order valence-electron chi connectivity index (χ4n) is 8.72. The normalized spacial score (nSPS) is 48.1. The maximum Gasteiger partial charge on any atom is 0.410 e. The molecule has 7 nitrogen and oxygen atoms in total. The van der Waals surface area contributed by atoms with E-state index in [1.807, 2.05) is 26.8 Å². The van der Waals surface area contributed by atoms with E-state index in [4.69, 9.17) is 14.2 Å². The van der Waals surface area contributed by atoms with Gasteiger partial charge in [0.05, 0.1) is 18.1 Å². The van der Waals surface area contributed by atoms with Crippen molar-refractivity contribution in [3.63, 3.8) is 0 Å². The highest BCUT2D eigenvalue weighted by molar-refractivity contribution is 5.69. The van der Waals surface area contributed by atoms with Gasteiger partial charge in [0.15, 0.2) is 11.9 Å². The van der Waals surface area contributed by atoms with Gasteiger partial charge < -0.3 is 29.3 Å². The molecule has 1 saturated heterocycles. The summed E-state index contributed by atoms with van der Waals surface area (Å²) in [6.45, 7) is 12.7. The maximum atomic E-state index is 13.3. The molecule has 2 bridgehead atoms. The van der Waals surface area contributed by atoms with Crippen LogP contribution in [-0.2, 0) is 14.2 Å². The van der Waals surface area contributed by atoms with Crippen LogP contribution >= 0.6 is 0 Å². The van der Waals surface area contributed by atoms with Gasteiger partial charge in [-0.3, -0.25) is 0 Å². The average Bonchev–Trinajstić information content (AvgIpc) is 3.25. The molecule has 1 heterocycles. The Balaban J connectivity index is 1.48. The summed E-state index contributed by atoms with van der Waals surface area (Å²) in [6, 6.07) is 0.177. The summed E-state index contributed by atoms with van der Waals surface area (Å²) in [5.74, 6) is -0.310. The lowest BCUT2D eigenvalue weighted by molar-refractivity contribution is -0.312. The van der Waals surface area contributed by atoms with Crippen molar-refractivity contribution in [2.75, 3.05) is 13.7 Å². The quantitative estimate of drug-likeness (QED) is 0.556. The second-order valence-electron chi connectivity index (χ2n) is 13.6. The first-order chi connectivity index (χ1) is 16.8. The zero-order valence-electron chi connectivity index (χ0n) is 22.8. The van der Waals surface area contributed by atoms with Gasteiger partial charge in [0.1, 0.15) is 11.7 Å². The first kappa shape index (κ1) is 24.9. The molecule has 1 aliphatic heterocycles. The van der Waals surface area contributed by atoms with Gasteiger partial charge in [-0.1, -0.05) is 32.9 Å². The SMILES string of the molecule is CC1=C[C@]23C(O)[C@@H](C=C4COC(C)(C)O[C@H]4[C@]2(O)[C@H]1OC(=O)N(C)C1CCC1)[C@H]1[C@@H](C[C@H]3C)C1(C)C. The molecule has 4 fully saturated rings. The third-order valence-electron chi connectivity index (χ3n) is 11.1. The molecule has 6 aliphatic rings. The Labute approximate surface area is 214 Å². The van der Waals surface area contributed by atoms with Crippen molar-refractivity contribution in [1.29, 1.82) is 0 Å². The highest BCUT2D eigenvalue weighted by Crippen LogP contribution is 2.73. The van der Waals surface area contributed by atoms with Crippen molar-refractivity contribution < 1.29 is 29.2 Å². The van der Waals surface area contributed by atoms with Crippen molar-refractivity contribution in [1.82, 2.24) is 4.90 Å². The zero-order valence-corrected chi connectivity index (χ0v) is 22.8. The second kappa shape index (κ2) is 7.58. The second-order valence-corrected chi connectivity index (χ2v) is 13.6. The molecular weight excluding hydrogens is 458 g/mol. The fraction of sp³-hybridized carbons (Fsp3) is 0.828. The van der Waals surface area contributed by atoms with Crippen molar-refractivity contribution in [2.45, 2.75) is 103 Å². The monoisotopic (exact) mass is 501 g/mol. The first-order valence-electron chi connectivity index (χ1n) is 13.8. The fourth-order valence-corrected chi connectivity index (χ4v) is 8.72. The largest absolute Gasteiger partial charge is 0.438 e. The Morgan fingerprint density at radius 2 is 1.92 bits per heavy atom. The number of hydrogen-bond donors (Lipinski definition) is 2. The number of rotatable bonds is 2. The number of fused-ring (bicyclic) bond motifs is 5. The highest BCUT2D eigenvalue weighted by Gasteiger charge is 2.77. The van der Waals surface area contributed by atoms with E-state index in [-0.39, 0.29) is 23.3 Å². The van der Waals surface area contributed by atoms with Gasteiger partial charge in [-0.05, 0) is 80.8 Å². The Bertz CT molecular complexity index is 1030. The molecule has 1 unspecified atom stereocenters. The molecule has 36 heavy (non-hydrogen) atoms. The highest BCUT2D eigenvalue weighted by atomic mass is 16.7. The van der Waals surface area contributed by atoms with Crippen LogP contribution in [0.4, 0.5) is 4.79 Å². The summed E-state index contributed by atoms with van der Waals surface area (Å²) < 4.78 is 18.8. The molecule has 6 rings (SSSR count). The minimum Gasteiger partial charge on any atom is -0.438 e. The molecule has 1 amide bonds.